The molecule has 0 aliphatic heterocycles. The van der Waals surface area contributed by atoms with Gasteiger partial charge in [0.2, 0.25) is 0 Å². The average Bonchev–Trinajstić information content (AvgIpc) is 2.85. The van der Waals surface area contributed by atoms with E-state index in [-0.39, 0.29) is 18.6 Å². The topological polar surface area (TPSA) is 60.7 Å². The molecule has 0 aromatic carbocycles. The summed E-state index contributed by atoms with van der Waals surface area (Å²) in [5.41, 5.74) is -0.148. The number of hydrogen-bond donors (Lipinski definition) is 3. The third kappa shape index (κ3) is 1.68. The summed E-state index contributed by atoms with van der Waals surface area (Å²) in [5.74, 6) is 2.05. The van der Waals surface area contributed by atoms with Crippen LogP contribution in [-0.2, 0) is 0 Å². The largest absolute Gasteiger partial charge is 0.393 e. The Bertz CT molecular complexity index is 466. The predicted molar refractivity (Wildman–Crippen MR) is 85.2 cm³/mol. The van der Waals surface area contributed by atoms with E-state index in [4.69, 9.17) is 0 Å². The minimum Gasteiger partial charge on any atom is -0.393 e. The van der Waals surface area contributed by atoms with Gasteiger partial charge in [-0.1, -0.05) is 13.8 Å². The fourth-order valence-corrected chi connectivity index (χ4v) is 7.53. The molecule has 0 aromatic rings. The van der Waals surface area contributed by atoms with Crippen LogP contribution in [0.3, 0.4) is 0 Å². The highest BCUT2D eigenvalue weighted by Crippen LogP contribution is 2.73. The molecule has 2 bridgehead atoms. The summed E-state index contributed by atoms with van der Waals surface area (Å²) in [7, 11) is 0. The van der Waals surface area contributed by atoms with Crippen LogP contribution in [0.15, 0.2) is 0 Å². The maximum atomic E-state index is 10.8. The third-order valence-corrected chi connectivity index (χ3v) is 8.98. The summed E-state index contributed by atoms with van der Waals surface area (Å²) in [6.45, 7) is 4.68. The van der Waals surface area contributed by atoms with Crippen LogP contribution in [0.4, 0.5) is 0 Å². The predicted octanol–water partition coefficient (Wildman–Crippen LogP) is 2.72. The highest BCUT2D eigenvalue weighted by Gasteiger charge is 2.68. The standard InChI is InChI=1S/C19H32O3/c1-12-15-4-3-13-9-14-10-18(13,7-8-19(14,22)11-20)17(15,2)6-5-16(12)21/h12-16,20-22H,3-11H2,1-2H3/t12-,13-,14+,15-,16-,17-,18-,19-/m0/s1. The SMILES string of the molecule is C[C@@H]1[C@@H](O)CC[C@@]2(C)[C@H]1CC[C@H]1C[C@@H]3C[C@@]12CC[C@]3(O)CO. The van der Waals surface area contributed by atoms with E-state index in [0.717, 1.165) is 44.4 Å². The van der Waals surface area contributed by atoms with Gasteiger partial charge in [-0.25, -0.2) is 0 Å². The molecule has 0 radical (unpaired) electrons. The molecule has 0 saturated heterocycles. The quantitative estimate of drug-likeness (QED) is 0.698. The van der Waals surface area contributed by atoms with Crippen LogP contribution in [0, 0.1) is 34.5 Å². The van der Waals surface area contributed by atoms with E-state index in [9.17, 15) is 15.3 Å². The molecule has 4 rings (SSSR count). The van der Waals surface area contributed by atoms with Crippen molar-refractivity contribution in [1.29, 1.82) is 0 Å². The maximum absolute atomic E-state index is 10.8. The Morgan fingerprint density at radius 3 is 2.55 bits per heavy atom. The van der Waals surface area contributed by atoms with Gasteiger partial charge in [-0.2, -0.15) is 0 Å². The molecular formula is C19H32O3. The summed E-state index contributed by atoms with van der Waals surface area (Å²) in [5, 5.41) is 30.8. The van der Waals surface area contributed by atoms with Crippen molar-refractivity contribution in [3.63, 3.8) is 0 Å². The van der Waals surface area contributed by atoms with Gasteiger partial charge in [-0.15, -0.1) is 0 Å². The molecule has 3 N–H and O–H groups in total. The van der Waals surface area contributed by atoms with Crippen molar-refractivity contribution >= 4 is 0 Å². The van der Waals surface area contributed by atoms with Gasteiger partial charge in [0.15, 0.2) is 0 Å². The van der Waals surface area contributed by atoms with Gasteiger partial charge < -0.3 is 15.3 Å². The van der Waals surface area contributed by atoms with Gasteiger partial charge in [0.1, 0.15) is 0 Å². The lowest BCUT2D eigenvalue weighted by molar-refractivity contribution is -0.178. The lowest BCUT2D eigenvalue weighted by Crippen LogP contribution is -2.58. The van der Waals surface area contributed by atoms with E-state index < -0.39 is 5.60 Å². The smallest absolute Gasteiger partial charge is 0.0905 e. The van der Waals surface area contributed by atoms with Gasteiger partial charge in [0.25, 0.3) is 0 Å². The van der Waals surface area contributed by atoms with Crippen LogP contribution in [0.2, 0.25) is 0 Å². The highest BCUT2D eigenvalue weighted by molar-refractivity contribution is 5.17. The molecule has 3 heteroatoms. The first-order valence-corrected chi connectivity index (χ1v) is 9.38. The molecule has 0 amide bonds. The number of hydrogen-bond acceptors (Lipinski definition) is 3. The lowest BCUT2D eigenvalue weighted by Gasteiger charge is -2.63. The van der Waals surface area contributed by atoms with Crippen LogP contribution in [0.25, 0.3) is 0 Å². The first-order chi connectivity index (χ1) is 10.4. The van der Waals surface area contributed by atoms with Gasteiger partial charge in [0, 0.05) is 0 Å². The molecule has 3 nitrogen and oxygen atoms in total. The minimum absolute atomic E-state index is 0.0737. The van der Waals surface area contributed by atoms with Crippen molar-refractivity contribution in [2.75, 3.05) is 6.61 Å². The summed E-state index contributed by atoms with van der Waals surface area (Å²) < 4.78 is 0. The van der Waals surface area contributed by atoms with E-state index in [1.165, 1.54) is 12.8 Å². The molecule has 4 aliphatic carbocycles. The second kappa shape index (κ2) is 4.70. The van der Waals surface area contributed by atoms with Crippen LogP contribution in [-0.4, -0.2) is 33.6 Å². The Hall–Kier alpha value is -0.120. The Balaban J connectivity index is 1.71. The fourth-order valence-electron chi connectivity index (χ4n) is 7.53. The van der Waals surface area contributed by atoms with Gasteiger partial charge >= 0.3 is 0 Å². The maximum Gasteiger partial charge on any atom is 0.0905 e. The zero-order valence-corrected chi connectivity index (χ0v) is 14.1. The molecule has 8 atom stereocenters. The molecule has 4 aliphatic rings. The van der Waals surface area contributed by atoms with Crippen molar-refractivity contribution in [3.05, 3.63) is 0 Å². The lowest BCUT2D eigenvalue weighted by atomic mass is 9.42. The van der Waals surface area contributed by atoms with Crippen LogP contribution < -0.4 is 0 Å². The number of rotatable bonds is 1. The second-order valence-corrected chi connectivity index (χ2v) is 9.32. The molecule has 0 heterocycles. The van der Waals surface area contributed by atoms with Gasteiger partial charge in [-0.05, 0) is 85.9 Å². The summed E-state index contributed by atoms with van der Waals surface area (Å²) in [6.07, 6.45) is 8.51. The zero-order valence-electron chi connectivity index (χ0n) is 14.1. The Labute approximate surface area is 134 Å². The Kier molecular flexibility index (Phi) is 3.30. The fraction of sp³-hybridized carbons (Fsp3) is 1.00. The third-order valence-electron chi connectivity index (χ3n) is 8.98. The molecule has 22 heavy (non-hydrogen) atoms. The molecule has 4 fully saturated rings. The first kappa shape index (κ1) is 15.4. The molecule has 4 saturated carbocycles. The van der Waals surface area contributed by atoms with Gasteiger partial charge in [-0.3, -0.25) is 0 Å². The summed E-state index contributed by atoms with van der Waals surface area (Å²) >= 11 is 0. The van der Waals surface area contributed by atoms with Crippen molar-refractivity contribution < 1.29 is 15.3 Å². The van der Waals surface area contributed by atoms with Crippen LogP contribution in [0.5, 0.6) is 0 Å². The van der Waals surface area contributed by atoms with Crippen LogP contribution in [0.1, 0.15) is 65.2 Å². The van der Waals surface area contributed by atoms with Crippen molar-refractivity contribution in [3.8, 4) is 0 Å². The minimum atomic E-state index is -0.825. The Morgan fingerprint density at radius 1 is 1.05 bits per heavy atom. The molecule has 1 spiro atoms. The zero-order chi connectivity index (χ0) is 15.8. The normalized spacial score (nSPS) is 60.7. The molecule has 0 unspecified atom stereocenters. The van der Waals surface area contributed by atoms with Gasteiger partial charge in [0.05, 0.1) is 18.3 Å². The van der Waals surface area contributed by atoms with E-state index in [2.05, 4.69) is 13.8 Å². The number of aliphatic hydroxyl groups is 3. The first-order valence-electron chi connectivity index (χ1n) is 9.38. The van der Waals surface area contributed by atoms with Crippen molar-refractivity contribution in [2.24, 2.45) is 34.5 Å². The Morgan fingerprint density at radius 2 is 1.82 bits per heavy atom. The highest BCUT2D eigenvalue weighted by atomic mass is 16.3. The summed E-state index contributed by atoms with van der Waals surface area (Å²) in [6, 6.07) is 0. The van der Waals surface area contributed by atoms with E-state index in [1.54, 1.807) is 0 Å². The van der Waals surface area contributed by atoms with Crippen molar-refractivity contribution in [2.45, 2.75) is 76.9 Å². The number of fused-ring (bicyclic) bond motifs is 2. The van der Waals surface area contributed by atoms with E-state index in [1.807, 2.05) is 0 Å². The van der Waals surface area contributed by atoms with E-state index in [0.29, 0.717) is 22.7 Å². The van der Waals surface area contributed by atoms with Crippen molar-refractivity contribution in [1.82, 2.24) is 0 Å². The van der Waals surface area contributed by atoms with Crippen LogP contribution >= 0.6 is 0 Å². The molecular weight excluding hydrogens is 276 g/mol. The molecule has 126 valence electrons. The summed E-state index contributed by atoms with van der Waals surface area (Å²) in [4.78, 5) is 0. The number of aliphatic hydroxyl groups excluding tert-OH is 2. The molecule has 0 aromatic heterocycles. The second-order valence-electron chi connectivity index (χ2n) is 9.32. The van der Waals surface area contributed by atoms with E-state index >= 15 is 0 Å². The average molecular weight is 308 g/mol. The monoisotopic (exact) mass is 308 g/mol.